The first kappa shape index (κ1) is 11.3. The van der Waals surface area contributed by atoms with E-state index in [2.05, 4.69) is 15.5 Å². The molecule has 5 heteroatoms. The van der Waals surface area contributed by atoms with E-state index in [-0.39, 0.29) is 12.3 Å². The summed E-state index contributed by atoms with van der Waals surface area (Å²) in [6, 6.07) is 9.09. The van der Waals surface area contributed by atoms with Crippen molar-refractivity contribution in [2.45, 2.75) is 12.5 Å². The molecule has 17 heavy (non-hydrogen) atoms. The van der Waals surface area contributed by atoms with Crippen LogP contribution < -0.4 is 5.32 Å². The minimum Gasteiger partial charge on any atom is -0.388 e. The number of aromatic amines is 1. The van der Waals surface area contributed by atoms with Crippen molar-refractivity contribution in [2.24, 2.45) is 0 Å². The van der Waals surface area contributed by atoms with Crippen LogP contribution in [-0.4, -0.2) is 21.2 Å². The molecule has 0 bridgehead atoms. The molecule has 2 aromatic rings. The summed E-state index contributed by atoms with van der Waals surface area (Å²) in [6.45, 7) is 0. The molecular formula is C12H13N3O2. The summed E-state index contributed by atoms with van der Waals surface area (Å²) in [4.78, 5) is 11.6. The number of aliphatic hydroxyl groups excluding tert-OH is 1. The second kappa shape index (κ2) is 5.27. The molecule has 88 valence electrons. The van der Waals surface area contributed by atoms with Crippen LogP contribution in [0.2, 0.25) is 0 Å². The summed E-state index contributed by atoms with van der Waals surface area (Å²) < 4.78 is 0. The highest BCUT2D eigenvalue weighted by Crippen LogP contribution is 2.16. The molecule has 1 heterocycles. The van der Waals surface area contributed by atoms with Gasteiger partial charge in [-0.1, -0.05) is 30.3 Å². The van der Waals surface area contributed by atoms with Crippen molar-refractivity contribution >= 4 is 11.6 Å². The van der Waals surface area contributed by atoms with Crippen molar-refractivity contribution in [3.8, 4) is 0 Å². The predicted octanol–water partition coefficient (Wildman–Crippen LogP) is 1.47. The summed E-state index contributed by atoms with van der Waals surface area (Å²) in [6.07, 6.45) is 2.32. The fourth-order valence-corrected chi connectivity index (χ4v) is 1.50. The second-order valence-corrected chi connectivity index (χ2v) is 3.67. The molecule has 1 aromatic heterocycles. The Hall–Kier alpha value is -2.14. The SMILES string of the molecule is O=C(CC(O)c1ccccc1)Nc1cn[nH]c1. The number of benzene rings is 1. The number of carbonyl (C=O) groups excluding carboxylic acids is 1. The standard InChI is InChI=1S/C12H13N3O2/c16-11(9-4-2-1-3-5-9)6-12(17)15-10-7-13-14-8-10/h1-5,7-8,11,16H,6H2,(H,13,14)(H,15,17). The van der Waals surface area contributed by atoms with Gasteiger partial charge in [-0.05, 0) is 5.56 Å². The number of anilines is 1. The van der Waals surface area contributed by atoms with Gasteiger partial charge in [0, 0.05) is 6.20 Å². The molecule has 3 N–H and O–H groups in total. The number of H-pyrrole nitrogens is 1. The Labute approximate surface area is 98.5 Å². The number of hydrogen-bond donors (Lipinski definition) is 3. The fourth-order valence-electron chi connectivity index (χ4n) is 1.50. The van der Waals surface area contributed by atoms with E-state index in [4.69, 9.17) is 0 Å². The van der Waals surface area contributed by atoms with Gasteiger partial charge in [0.15, 0.2) is 0 Å². The number of nitrogens with zero attached hydrogens (tertiary/aromatic N) is 1. The average Bonchev–Trinajstić information content (AvgIpc) is 2.82. The lowest BCUT2D eigenvalue weighted by atomic mass is 10.1. The van der Waals surface area contributed by atoms with Crippen molar-refractivity contribution < 1.29 is 9.90 Å². The number of amides is 1. The largest absolute Gasteiger partial charge is 0.388 e. The number of aromatic nitrogens is 2. The average molecular weight is 231 g/mol. The smallest absolute Gasteiger partial charge is 0.227 e. The number of nitrogens with one attached hydrogen (secondary N) is 2. The minimum atomic E-state index is -0.789. The third-order valence-corrected chi connectivity index (χ3v) is 2.35. The van der Waals surface area contributed by atoms with Gasteiger partial charge in [0.1, 0.15) is 0 Å². The Bertz CT molecular complexity index is 468. The Morgan fingerprint density at radius 3 is 2.82 bits per heavy atom. The molecule has 0 saturated carbocycles. The van der Waals surface area contributed by atoms with Gasteiger partial charge in [-0.3, -0.25) is 9.89 Å². The summed E-state index contributed by atoms with van der Waals surface area (Å²) in [5.74, 6) is -0.247. The Balaban J connectivity index is 1.91. The van der Waals surface area contributed by atoms with Crippen LogP contribution >= 0.6 is 0 Å². The quantitative estimate of drug-likeness (QED) is 0.745. The van der Waals surface area contributed by atoms with E-state index in [0.717, 1.165) is 5.56 Å². The van der Waals surface area contributed by atoms with E-state index >= 15 is 0 Å². The lowest BCUT2D eigenvalue weighted by molar-refractivity contribution is -0.118. The van der Waals surface area contributed by atoms with Crippen LogP contribution in [0.25, 0.3) is 0 Å². The monoisotopic (exact) mass is 231 g/mol. The van der Waals surface area contributed by atoms with Gasteiger partial charge in [0.05, 0.1) is 24.4 Å². The van der Waals surface area contributed by atoms with Gasteiger partial charge in [-0.25, -0.2) is 0 Å². The Kier molecular flexibility index (Phi) is 3.52. The van der Waals surface area contributed by atoms with E-state index in [1.54, 1.807) is 18.3 Å². The summed E-state index contributed by atoms with van der Waals surface area (Å²) >= 11 is 0. The third-order valence-electron chi connectivity index (χ3n) is 2.35. The maximum absolute atomic E-state index is 11.6. The van der Waals surface area contributed by atoms with Crippen molar-refractivity contribution in [1.29, 1.82) is 0 Å². The molecule has 2 rings (SSSR count). The summed E-state index contributed by atoms with van der Waals surface area (Å²) in [5.41, 5.74) is 1.32. The Morgan fingerprint density at radius 2 is 2.18 bits per heavy atom. The van der Waals surface area contributed by atoms with E-state index in [1.165, 1.54) is 6.20 Å². The number of aliphatic hydroxyl groups is 1. The first-order valence-corrected chi connectivity index (χ1v) is 5.27. The van der Waals surface area contributed by atoms with Crippen LogP contribution in [0.4, 0.5) is 5.69 Å². The molecule has 1 aromatic carbocycles. The Morgan fingerprint density at radius 1 is 1.41 bits per heavy atom. The number of hydrogen-bond acceptors (Lipinski definition) is 3. The topological polar surface area (TPSA) is 78.0 Å². The van der Waals surface area contributed by atoms with Gasteiger partial charge in [0.25, 0.3) is 0 Å². The summed E-state index contributed by atoms with van der Waals surface area (Å²) in [7, 11) is 0. The lowest BCUT2D eigenvalue weighted by Crippen LogP contribution is -2.15. The van der Waals surface area contributed by atoms with Crippen LogP contribution in [0.1, 0.15) is 18.1 Å². The predicted molar refractivity (Wildman–Crippen MR) is 63.2 cm³/mol. The van der Waals surface area contributed by atoms with E-state index in [0.29, 0.717) is 5.69 Å². The molecule has 5 nitrogen and oxygen atoms in total. The molecule has 0 radical (unpaired) electrons. The minimum absolute atomic E-state index is 0.0230. The number of rotatable bonds is 4. The van der Waals surface area contributed by atoms with Crippen LogP contribution in [0.3, 0.4) is 0 Å². The van der Waals surface area contributed by atoms with Crippen LogP contribution in [0, 0.1) is 0 Å². The van der Waals surface area contributed by atoms with Crippen molar-refractivity contribution in [1.82, 2.24) is 10.2 Å². The van der Waals surface area contributed by atoms with Crippen molar-refractivity contribution in [2.75, 3.05) is 5.32 Å². The maximum Gasteiger partial charge on any atom is 0.227 e. The first-order valence-electron chi connectivity index (χ1n) is 5.27. The highest BCUT2D eigenvalue weighted by molar-refractivity contribution is 5.90. The molecule has 1 unspecified atom stereocenters. The molecule has 0 aliphatic rings. The van der Waals surface area contributed by atoms with Crippen molar-refractivity contribution in [3.63, 3.8) is 0 Å². The third kappa shape index (κ3) is 3.15. The molecule has 1 amide bonds. The maximum atomic E-state index is 11.6. The fraction of sp³-hybridized carbons (Fsp3) is 0.167. The zero-order valence-corrected chi connectivity index (χ0v) is 9.13. The molecule has 0 aliphatic heterocycles. The normalized spacial score (nSPS) is 12.1. The van der Waals surface area contributed by atoms with Crippen LogP contribution in [0.15, 0.2) is 42.7 Å². The van der Waals surface area contributed by atoms with Gasteiger partial charge in [-0.2, -0.15) is 5.10 Å². The zero-order chi connectivity index (χ0) is 12.1. The molecular weight excluding hydrogens is 218 g/mol. The second-order valence-electron chi connectivity index (χ2n) is 3.67. The molecule has 0 spiro atoms. The van der Waals surface area contributed by atoms with E-state index < -0.39 is 6.10 Å². The lowest BCUT2D eigenvalue weighted by Gasteiger charge is -2.10. The van der Waals surface area contributed by atoms with Gasteiger partial charge < -0.3 is 10.4 Å². The first-order chi connectivity index (χ1) is 8.25. The summed E-state index contributed by atoms with van der Waals surface area (Å²) in [5, 5.41) is 18.8. The number of carbonyl (C=O) groups is 1. The molecule has 0 fully saturated rings. The highest BCUT2D eigenvalue weighted by atomic mass is 16.3. The highest BCUT2D eigenvalue weighted by Gasteiger charge is 2.12. The van der Waals surface area contributed by atoms with Crippen molar-refractivity contribution in [3.05, 3.63) is 48.3 Å². The van der Waals surface area contributed by atoms with E-state index in [9.17, 15) is 9.90 Å². The van der Waals surface area contributed by atoms with Gasteiger partial charge >= 0.3 is 0 Å². The van der Waals surface area contributed by atoms with Crippen LogP contribution in [0.5, 0.6) is 0 Å². The van der Waals surface area contributed by atoms with Crippen LogP contribution in [-0.2, 0) is 4.79 Å². The van der Waals surface area contributed by atoms with E-state index in [1.807, 2.05) is 18.2 Å². The molecule has 0 saturated heterocycles. The molecule has 0 aliphatic carbocycles. The molecule has 1 atom stereocenters. The van der Waals surface area contributed by atoms with Gasteiger partial charge in [0.2, 0.25) is 5.91 Å². The zero-order valence-electron chi connectivity index (χ0n) is 9.13. The van der Waals surface area contributed by atoms with Gasteiger partial charge in [-0.15, -0.1) is 0 Å².